The number of hydrogen-bond donors (Lipinski definition) is 1. The van der Waals surface area contributed by atoms with Crippen LogP contribution in [0, 0.1) is 0 Å². The van der Waals surface area contributed by atoms with Gasteiger partial charge in [-0.3, -0.25) is 0 Å². The zero-order valence-corrected chi connectivity index (χ0v) is 10.1. The number of aromatic nitrogens is 3. The summed E-state index contributed by atoms with van der Waals surface area (Å²) in [6, 6.07) is 3.76. The molecule has 0 amide bonds. The number of rotatable bonds is 2. The second-order valence-electron chi connectivity index (χ2n) is 3.57. The number of nitrogen functional groups attached to an aromatic ring is 1. The van der Waals surface area contributed by atoms with Gasteiger partial charge in [-0.05, 0) is 30.0 Å². The van der Waals surface area contributed by atoms with E-state index in [-0.39, 0.29) is 5.69 Å². The lowest BCUT2D eigenvalue weighted by molar-refractivity contribution is -0.137. The molecule has 0 bridgehead atoms. The van der Waals surface area contributed by atoms with Crippen LogP contribution in [0.25, 0.3) is 0 Å². The highest BCUT2D eigenvalue weighted by Gasteiger charge is 2.33. The van der Waals surface area contributed by atoms with Crippen LogP contribution in [0.2, 0.25) is 0 Å². The molecule has 1 heterocycles. The van der Waals surface area contributed by atoms with Crippen molar-refractivity contribution in [3.05, 3.63) is 30.1 Å². The normalized spacial score (nSPS) is 11.8. The Kier molecular flexibility index (Phi) is 3.20. The molecule has 0 fully saturated rings. The standard InChI is InChI=1S/C10H9F3N4S/c1-17-5-15-16-9(17)18-6-2-3-8(14)7(4-6)10(11,12)13/h2-5H,14H2,1H3. The third kappa shape index (κ3) is 2.58. The van der Waals surface area contributed by atoms with Gasteiger partial charge in [-0.15, -0.1) is 10.2 Å². The molecule has 2 N–H and O–H groups in total. The van der Waals surface area contributed by atoms with E-state index in [0.717, 1.165) is 17.8 Å². The second-order valence-corrected chi connectivity index (χ2v) is 4.61. The first-order chi connectivity index (χ1) is 8.38. The maximum Gasteiger partial charge on any atom is 0.418 e. The summed E-state index contributed by atoms with van der Waals surface area (Å²) in [7, 11) is 1.71. The molecule has 0 unspecified atom stereocenters. The van der Waals surface area contributed by atoms with E-state index in [0.29, 0.717) is 10.1 Å². The fraction of sp³-hybridized carbons (Fsp3) is 0.200. The van der Waals surface area contributed by atoms with Gasteiger partial charge in [-0.1, -0.05) is 0 Å². The minimum absolute atomic E-state index is 0.287. The van der Waals surface area contributed by atoms with E-state index in [1.807, 2.05) is 0 Å². The average molecular weight is 274 g/mol. The topological polar surface area (TPSA) is 56.7 Å². The number of aryl methyl sites for hydroxylation is 1. The fourth-order valence-electron chi connectivity index (χ4n) is 1.31. The predicted molar refractivity (Wildman–Crippen MR) is 61.0 cm³/mol. The van der Waals surface area contributed by atoms with Crippen molar-refractivity contribution in [2.45, 2.75) is 16.2 Å². The van der Waals surface area contributed by atoms with Crippen molar-refractivity contribution in [3.63, 3.8) is 0 Å². The van der Waals surface area contributed by atoms with Crippen molar-refractivity contribution in [2.24, 2.45) is 7.05 Å². The minimum Gasteiger partial charge on any atom is -0.398 e. The third-order valence-electron chi connectivity index (χ3n) is 2.21. The van der Waals surface area contributed by atoms with Crippen molar-refractivity contribution in [3.8, 4) is 0 Å². The summed E-state index contributed by atoms with van der Waals surface area (Å²) >= 11 is 1.09. The quantitative estimate of drug-likeness (QED) is 0.855. The van der Waals surface area contributed by atoms with Crippen molar-refractivity contribution >= 4 is 17.4 Å². The van der Waals surface area contributed by atoms with Gasteiger partial charge in [0.25, 0.3) is 0 Å². The second kappa shape index (κ2) is 4.52. The number of alkyl halides is 3. The number of nitrogens with two attached hydrogens (primary N) is 1. The summed E-state index contributed by atoms with van der Waals surface area (Å²) < 4.78 is 39.6. The zero-order chi connectivity index (χ0) is 13.3. The van der Waals surface area contributed by atoms with Crippen LogP contribution in [0.4, 0.5) is 18.9 Å². The van der Waals surface area contributed by atoms with E-state index in [1.54, 1.807) is 11.6 Å². The Balaban J connectivity index is 2.33. The van der Waals surface area contributed by atoms with E-state index in [2.05, 4.69) is 10.2 Å². The van der Waals surface area contributed by atoms with E-state index in [9.17, 15) is 13.2 Å². The van der Waals surface area contributed by atoms with Crippen LogP contribution < -0.4 is 5.73 Å². The van der Waals surface area contributed by atoms with Gasteiger partial charge in [-0.2, -0.15) is 13.2 Å². The summed E-state index contributed by atoms with van der Waals surface area (Å²) in [6.07, 6.45) is -2.98. The van der Waals surface area contributed by atoms with Gasteiger partial charge in [0.05, 0.1) is 5.56 Å². The maximum atomic E-state index is 12.7. The Morgan fingerprint density at radius 2 is 2.06 bits per heavy atom. The predicted octanol–water partition coefficient (Wildman–Crippen LogP) is 2.57. The molecule has 4 nitrogen and oxygen atoms in total. The van der Waals surface area contributed by atoms with Gasteiger partial charge >= 0.3 is 6.18 Å². The molecule has 0 aliphatic carbocycles. The first-order valence-corrected chi connectivity index (χ1v) is 5.68. The number of benzene rings is 1. The third-order valence-corrected chi connectivity index (χ3v) is 3.25. The molecule has 0 radical (unpaired) electrons. The summed E-state index contributed by atoms with van der Waals surface area (Å²) in [5, 5.41) is 7.95. The Morgan fingerprint density at radius 3 is 2.61 bits per heavy atom. The molecule has 0 saturated heterocycles. The summed E-state index contributed by atoms with van der Waals surface area (Å²) in [5.74, 6) is 0. The lowest BCUT2D eigenvalue weighted by Crippen LogP contribution is -2.08. The minimum atomic E-state index is -4.46. The molecule has 8 heteroatoms. The number of halogens is 3. The van der Waals surface area contributed by atoms with Crippen molar-refractivity contribution in [1.29, 1.82) is 0 Å². The maximum absolute atomic E-state index is 12.7. The zero-order valence-electron chi connectivity index (χ0n) is 9.27. The molecule has 0 atom stereocenters. The summed E-state index contributed by atoms with van der Waals surface area (Å²) in [5.41, 5.74) is 4.19. The average Bonchev–Trinajstić information content (AvgIpc) is 2.66. The first kappa shape index (κ1) is 12.7. The highest BCUT2D eigenvalue weighted by Crippen LogP contribution is 2.37. The van der Waals surface area contributed by atoms with Crippen molar-refractivity contribution in [2.75, 3.05) is 5.73 Å². The number of hydrogen-bond acceptors (Lipinski definition) is 4. The van der Waals surface area contributed by atoms with Gasteiger partial charge in [0.15, 0.2) is 5.16 Å². The highest BCUT2D eigenvalue weighted by atomic mass is 32.2. The van der Waals surface area contributed by atoms with E-state index >= 15 is 0 Å². The van der Waals surface area contributed by atoms with Crippen molar-refractivity contribution in [1.82, 2.24) is 14.8 Å². The molecular weight excluding hydrogens is 265 g/mol. The molecule has 0 saturated carbocycles. The van der Waals surface area contributed by atoms with Crippen LogP contribution in [-0.2, 0) is 13.2 Å². The summed E-state index contributed by atoms with van der Waals surface area (Å²) in [4.78, 5) is 0.410. The smallest absolute Gasteiger partial charge is 0.398 e. The lowest BCUT2D eigenvalue weighted by Gasteiger charge is -2.11. The monoisotopic (exact) mass is 274 g/mol. The molecule has 1 aromatic carbocycles. The van der Waals surface area contributed by atoms with Gasteiger partial charge in [0, 0.05) is 17.6 Å². The molecular formula is C10H9F3N4S. The van der Waals surface area contributed by atoms with Gasteiger partial charge in [-0.25, -0.2) is 0 Å². The molecule has 0 aliphatic rings. The van der Waals surface area contributed by atoms with E-state index in [1.165, 1.54) is 18.5 Å². The molecule has 2 rings (SSSR count). The van der Waals surface area contributed by atoms with Crippen LogP contribution in [-0.4, -0.2) is 14.8 Å². The molecule has 0 aliphatic heterocycles. The lowest BCUT2D eigenvalue weighted by atomic mass is 10.2. The number of nitrogens with zero attached hydrogens (tertiary/aromatic N) is 3. The molecule has 1 aromatic heterocycles. The Bertz CT molecular complexity index is 564. The fourth-order valence-corrected chi connectivity index (χ4v) is 2.12. The SMILES string of the molecule is Cn1cnnc1Sc1ccc(N)c(C(F)(F)F)c1. The number of anilines is 1. The van der Waals surface area contributed by atoms with Crippen LogP contribution >= 0.6 is 11.8 Å². The van der Waals surface area contributed by atoms with Gasteiger partial charge < -0.3 is 10.3 Å². The van der Waals surface area contributed by atoms with Gasteiger partial charge in [0.2, 0.25) is 0 Å². The van der Waals surface area contributed by atoms with Crippen LogP contribution in [0.1, 0.15) is 5.56 Å². The molecule has 96 valence electrons. The van der Waals surface area contributed by atoms with E-state index < -0.39 is 11.7 Å². The Labute approximate surface area is 105 Å². The van der Waals surface area contributed by atoms with Crippen LogP contribution in [0.15, 0.2) is 34.6 Å². The Hall–Kier alpha value is -1.70. The van der Waals surface area contributed by atoms with Crippen LogP contribution in [0.5, 0.6) is 0 Å². The van der Waals surface area contributed by atoms with E-state index in [4.69, 9.17) is 5.73 Å². The molecule has 0 spiro atoms. The molecule has 2 aromatic rings. The molecule has 18 heavy (non-hydrogen) atoms. The Morgan fingerprint density at radius 1 is 1.33 bits per heavy atom. The summed E-state index contributed by atoms with van der Waals surface area (Å²) in [6.45, 7) is 0. The van der Waals surface area contributed by atoms with Gasteiger partial charge in [0.1, 0.15) is 6.33 Å². The van der Waals surface area contributed by atoms with Crippen molar-refractivity contribution < 1.29 is 13.2 Å². The van der Waals surface area contributed by atoms with Crippen LogP contribution in [0.3, 0.4) is 0 Å². The highest BCUT2D eigenvalue weighted by molar-refractivity contribution is 7.99. The largest absolute Gasteiger partial charge is 0.418 e. The first-order valence-electron chi connectivity index (χ1n) is 4.86.